The fraction of sp³-hybridized carbons (Fsp3) is 0.238. The van der Waals surface area contributed by atoms with Crippen LogP contribution in [-0.2, 0) is 4.79 Å². The molecular formula is C21H20O3S. The highest BCUT2D eigenvalue weighted by molar-refractivity contribution is 7.17. The molecule has 1 unspecified atom stereocenters. The highest BCUT2D eigenvalue weighted by atomic mass is 32.1. The topological polar surface area (TPSA) is 54.4 Å². The minimum absolute atomic E-state index is 0.0399. The number of benzene rings is 2. The largest absolute Gasteiger partial charge is 0.481 e. The second kappa shape index (κ2) is 6.45. The molecule has 0 spiro atoms. The lowest BCUT2D eigenvalue weighted by Gasteiger charge is -2.14. The van der Waals surface area contributed by atoms with Crippen LogP contribution in [0, 0.1) is 20.8 Å². The highest BCUT2D eigenvalue weighted by Gasteiger charge is 2.22. The van der Waals surface area contributed by atoms with Gasteiger partial charge < -0.3 is 5.11 Å². The molecule has 0 saturated heterocycles. The number of aryl methyl sites for hydroxylation is 3. The maximum atomic E-state index is 13.3. The minimum atomic E-state index is -0.893. The summed E-state index contributed by atoms with van der Waals surface area (Å²) in [6, 6.07) is 9.57. The number of hydrogen-bond acceptors (Lipinski definition) is 3. The second-order valence-corrected chi connectivity index (χ2v) is 7.49. The van der Waals surface area contributed by atoms with E-state index in [4.69, 9.17) is 0 Å². The van der Waals surface area contributed by atoms with Gasteiger partial charge in [0.15, 0.2) is 5.78 Å². The van der Waals surface area contributed by atoms with Gasteiger partial charge in [-0.25, -0.2) is 0 Å². The van der Waals surface area contributed by atoms with Crippen LogP contribution in [0.4, 0.5) is 0 Å². The van der Waals surface area contributed by atoms with Gasteiger partial charge in [-0.05, 0) is 73.4 Å². The summed E-state index contributed by atoms with van der Waals surface area (Å²) in [7, 11) is 0. The molecule has 25 heavy (non-hydrogen) atoms. The molecule has 3 aromatic rings. The smallest absolute Gasteiger partial charge is 0.310 e. The quantitative estimate of drug-likeness (QED) is 0.653. The Kier molecular flexibility index (Phi) is 4.48. The zero-order valence-corrected chi connectivity index (χ0v) is 15.5. The van der Waals surface area contributed by atoms with E-state index in [1.165, 1.54) is 11.3 Å². The van der Waals surface area contributed by atoms with E-state index in [9.17, 15) is 14.7 Å². The number of ketones is 1. The van der Waals surface area contributed by atoms with Crippen molar-refractivity contribution < 1.29 is 14.7 Å². The molecule has 1 heterocycles. The number of hydrogen-bond donors (Lipinski definition) is 1. The number of thiophene rings is 1. The average Bonchev–Trinajstić information content (AvgIpc) is 3.00. The molecule has 0 saturated carbocycles. The van der Waals surface area contributed by atoms with Gasteiger partial charge in [-0.2, -0.15) is 0 Å². The van der Waals surface area contributed by atoms with Crippen LogP contribution in [0.25, 0.3) is 10.1 Å². The number of aliphatic carboxylic acids is 1. The standard InChI is InChI=1S/C21H20O3S/c1-11-7-12(2)18(13(3)8-11)19(22)17-10-16(14(4)21(23)24)9-15-5-6-25-20(15)17/h5-10,14H,1-4H3,(H,23,24). The summed E-state index contributed by atoms with van der Waals surface area (Å²) in [5, 5.41) is 12.2. The van der Waals surface area contributed by atoms with Crippen molar-refractivity contribution in [3.05, 3.63) is 69.1 Å². The Morgan fingerprint density at radius 3 is 2.28 bits per heavy atom. The zero-order chi connectivity index (χ0) is 18.3. The average molecular weight is 352 g/mol. The number of carboxylic acids is 1. The summed E-state index contributed by atoms with van der Waals surface area (Å²) < 4.78 is 0.908. The zero-order valence-electron chi connectivity index (χ0n) is 14.7. The first-order valence-corrected chi connectivity index (χ1v) is 9.04. The Morgan fingerprint density at radius 2 is 1.68 bits per heavy atom. The van der Waals surface area contributed by atoms with Gasteiger partial charge in [0.25, 0.3) is 0 Å². The van der Waals surface area contributed by atoms with Crippen LogP contribution >= 0.6 is 11.3 Å². The summed E-state index contributed by atoms with van der Waals surface area (Å²) in [6.07, 6.45) is 0. The van der Waals surface area contributed by atoms with Gasteiger partial charge in [-0.3, -0.25) is 9.59 Å². The van der Waals surface area contributed by atoms with Crippen molar-refractivity contribution in [1.29, 1.82) is 0 Å². The third kappa shape index (κ3) is 3.10. The van der Waals surface area contributed by atoms with E-state index >= 15 is 0 Å². The number of fused-ring (bicyclic) bond motifs is 1. The van der Waals surface area contributed by atoms with Crippen molar-refractivity contribution in [2.45, 2.75) is 33.6 Å². The van der Waals surface area contributed by atoms with E-state index in [-0.39, 0.29) is 5.78 Å². The van der Waals surface area contributed by atoms with Crippen molar-refractivity contribution in [3.63, 3.8) is 0 Å². The Labute approximate surface area is 150 Å². The molecule has 1 aromatic heterocycles. The number of carbonyl (C=O) groups excluding carboxylic acids is 1. The van der Waals surface area contributed by atoms with Crippen LogP contribution in [-0.4, -0.2) is 16.9 Å². The van der Waals surface area contributed by atoms with E-state index in [0.717, 1.165) is 26.8 Å². The van der Waals surface area contributed by atoms with Crippen LogP contribution in [0.3, 0.4) is 0 Å². The SMILES string of the molecule is Cc1cc(C)c(C(=O)c2cc(C(C)C(=O)O)cc3ccsc23)c(C)c1. The first kappa shape index (κ1) is 17.4. The van der Waals surface area contributed by atoms with Crippen molar-refractivity contribution in [3.8, 4) is 0 Å². The summed E-state index contributed by atoms with van der Waals surface area (Å²) in [5.74, 6) is -1.59. The first-order valence-electron chi connectivity index (χ1n) is 8.16. The van der Waals surface area contributed by atoms with Crippen molar-refractivity contribution in [2.24, 2.45) is 0 Å². The van der Waals surface area contributed by atoms with E-state index < -0.39 is 11.9 Å². The fourth-order valence-electron chi connectivity index (χ4n) is 3.34. The molecule has 0 aliphatic carbocycles. The molecule has 0 fully saturated rings. The number of rotatable bonds is 4. The lowest BCUT2D eigenvalue weighted by molar-refractivity contribution is -0.138. The van der Waals surface area contributed by atoms with E-state index in [2.05, 4.69) is 0 Å². The Bertz CT molecular complexity index is 975. The van der Waals surface area contributed by atoms with Gasteiger partial charge in [-0.15, -0.1) is 11.3 Å². The van der Waals surface area contributed by atoms with Gasteiger partial charge in [0.1, 0.15) is 0 Å². The molecule has 0 amide bonds. The molecule has 1 N–H and O–H groups in total. The molecule has 0 aliphatic rings. The van der Waals surface area contributed by atoms with Crippen LogP contribution < -0.4 is 0 Å². The monoisotopic (exact) mass is 352 g/mol. The van der Waals surface area contributed by atoms with E-state index in [0.29, 0.717) is 16.7 Å². The highest BCUT2D eigenvalue weighted by Crippen LogP contribution is 2.32. The summed E-state index contributed by atoms with van der Waals surface area (Å²) >= 11 is 1.51. The first-order chi connectivity index (χ1) is 11.8. The molecule has 0 bridgehead atoms. The Morgan fingerprint density at radius 1 is 1.04 bits per heavy atom. The maximum Gasteiger partial charge on any atom is 0.310 e. The van der Waals surface area contributed by atoms with Gasteiger partial charge in [0, 0.05) is 15.8 Å². The van der Waals surface area contributed by atoms with Crippen LogP contribution in [0.1, 0.15) is 51.0 Å². The summed E-state index contributed by atoms with van der Waals surface area (Å²) in [5.41, 5.74) is 4.98. The molecule has 128 valence electrons. The lowest BCUT2D eigenvalue weighted by atomic mass is 9.90. The van der Waals surface area contributed by atoms with Crippen molar-refractivity contribution in [1.82, 2.24) is 0 Å². The van der Waals surface area contributed by atoms with Crippen LogP contribution in [0.5, 0.6) is 0 Å². The van der Waals surface area contributed by atoms with Crippen LogP contribution in [0.2, 0.25) is 0 Å². The minimum Gasteiger partial charge on any atom is -0.481 e. The third-order valence-electron chi connectivity index (χ3n) is 4.59. The Hall–Kier alpha value is -2.46. The second-order valence-electron chi connectivity index (χ2n) is 6.57. The van der Waals surface area contributed by atoms with Crippen LogP contribution in [0.15, 0.2) is 35.7 Å². The molecule has 4 heteroatoms. The Balaban J connectivity index is 2.23. The summed E-state index contributed by atoms with van der Waals surface area (Å²) in [6.45, 7) is 7.55. The van der Waals surface area contributed by atoms with E-state index in [1.54, 1.807) is 13.0 Å². The fourth-order valence-corrected chi connectivity index (χ4v) is 4.23. The normalized spacial score (nSPS) is 12.3. The van der Waals surface area contributed by atoms with Crippen molar-refractivity contribution in [2.75, 3.05) is 0 Å². The van der Waals surface area contributed by atoms with Crippen molar-refractivity contribution >= 4 is 33.2 Å². The number of carboxylic acid groups (broad SMARTS) is 1. The van der Waals surface area contributed by atoms with Gasteiger partial charge in [0.2, 0.25) is 0 Å². The molecular weight excluding hydrogens is 332 g/mol. The molecule has 2 aromatic carbocycles. The molecule has 0 radical (unpaired) electrons. The number of carbonyl (C=O) groups is 2. The van der Waals surface area contributed by atoms with Gasteiger partial charge in [-0.1, -0.05) is 17.7 Å². The predicted molar refractivity (Wildman–Crippen MR) is 102 cm³/mol. The van der Waals surface area contributed by atoms with Gasteiger partial charge in [0.05, 0.1) is 5.92 Å². The van der Waals surface area contributed by atoms with E-state index in [1.807, 2.05) is 50.4 Å². The molecule has 3 rings (SSSR count). The molecule has 3 nitrogen and oxygen atoms in total. The predicted octanol–water partition coefficient (Wildman–Crippen LogP) is 5.25. The molecule has 0 aliphatic heterocycles. The maximum absolute atomic E-state index is 13.3. The summed E-state index contributed by atoms with van der Waals surface area (Å²) in [4.78, 5) is 24.7. The molecule has 1 atom stereocenters. The lowest BCUT2D eigenvalue weighted by Crippen LogP contribution is -2.11. The van der Waals surface area contributed by atoms with Gasteiger partial charge >= 0.3 is 5.97 Å². The third-order valence-corrected chi connectivity index (χ3v) is 5.56.